The minimum absolute atomic E-state index is 0.265. The van der Waals surface area contributed by atoms with E-state index in [9.17, 15) is 9.59 Å². The number of nitrogens with two attached hydrogens (primary N) is 1. The maximum atomic E-state index is 12.0. The summed E-state index contributed by atoms with van der Waals surface area (Å²) in [5.74, 6) is 1.06. The molecule has 0 radical (unpaired) electrons. The van der Waals surface area contributed by atoms with E-state index >= 15 is 0 Å². The van der Waals surface area contributed by atoms with Gasteiger partial charge in [-0.2, -0.15) is 0 Å². The number of rotatable bonds is 4. The molecular weight excluding hydrogens is 318 g/mol. The number of hydrogen-bond acceptors (Lipinski definition) is 4. The Labute approximate surface area is 146 Å². The normalized spacial score (nSPS) is 12.6. The van der Waals surface area contributed by atoms with Crippen molar-refractivity contribution in [2.75, 3.05) is 0 Å². The van der Waals surface area contributed by atoms with Crippen molar-refractivity contribution in [3.8, 4) is 23.5 Å². The number of hydroxylamine groups is 1. The number of carbonyl (C=O) groups is 2. The largest absolute Gasteiger partial charge is 0.339 e. The molecule has 1 aromatic rings. The van der Waals surface area contributed by atoms with Gasteiger partial charge in [0.05, 0.1) is 5.56 Å². The smallest absolute Gasteiger partial charge is 0.267 e. The first-order valence-electron chi connectivity index (χ1n) is 7.64. The van der Waals surface area contributed by atoms with E-state index in [0.29, 0.717) is 5.56 Å². The fourth-order valence-electron chi connectivity index (χ4n) is 2.19. The highest BCUT2D eigenvalue weighted by atomic mass is 16.5. The summed E-state index contributed by atoms with van der Waals surface area (Å²) in [5, 5.41) is 11.0. The van der Waals surface area contributed by atoms with E-state index in [4.69, 9.17) is 17.4 Å². The number of carbonyl (C=O) groups excluding carboxylic acids is 2. The van der Waals surface area contributed by atoms with E-state index in [-0.39, 0.29) is 5.56 Å². The third-order valence-electron chi connectivity index (χ3n) is 3.75. The quantitative estimate of drug-likeness (QED) is 0.327. The van der Waals surface area contributed by atoms with Crippen LogP contribution in [0.15, 0.2) is 48.5 Å². The molecule has 0 fully saturated rings. The summed E-state index contributed by atoms with van der Waals surface area (Å²) in [5.41, 5.74) is 10.6. The topological polar surface area (TPSA) is 104 Å². The highest BCUT2D eigenvalue weighted by Crippen LogP contribution is 2.29. The fourth-order valence-corrected chi connectivity index (χ4v) is 2.19. The lowest BCUT2D eigenvalue weighted by Crippen LogP contribution is -2.54. The second-order valence-corrected chi connectivity index (χ2v) is 5.55. The Bertz CT molecular complexity index is 786. The molecule has 0 saturated carbocycles. The van der Waals surface area contributed by atoms with Crippen molar-refractivity contribution in [2.24, 2.45) is 5.73 Å². The van der Waals surface area contributed by atoms with Gasteiger partial charge in [-0.05, 0) is 30.2 Å². The molecule has 2 atom stereocenters. The summed E-state index contributed by atoms with van der Waals surface area (Å²) in [6.07, 6.45) is 5.29. The molecule has 128 valence electrons. The number of nitrogens with one attached hydrogen (secondary N) is 2. The Morgan fingerprint density at radius 3 is 2.08 bits per heavy atom. The molecule has 2 aliphatic carbocycles. The summed E-state index contributed by atoms with van der Waals surface area (Å²) in [7, 11) is 0. The maximum Gasteiger partial charge on any atom is 0.267 e. The highest BCUT2D eigenvalue weighted by Gasteiger charge is 2.25. The summed E-state index contributed by atoms with van der Waals surface area (Å²) < 4.78 is 0. The Hall–Kier alpha value is -3.14. The second-order valence-electron chi connectivity index (χ2n) is 5.55. The zero-order chi connectivity index (χ0) is 18.4. The van der Waals surface area contributed by atoms with Gasteiger partial charge in [-0.15, -0.1) is 6.42 Å². The molecule has 1 aromatic carbocycles. The average molecular weight is 337 g/mol. The summed E-state index contributed by atoms with van der Waals surface area (Å²) in [4.78, 5) is 23.4. The molecule has 25 heavy (non-hydrogen) atoms. The van der Waals surface area contributed by atoms with Crippen LogP contribution in [0.5, 0.6) is 0 Å². The van der Waals surface area contributed by atoms with Gasteiger partial charge in [-0.3, -0.25) is 14.8 Å². The van der Waals surface area contributed by atoms with Gasteiger partial charge in [0, 0.05) is 11.6 Å². The van der Waals surface area contributed by atoms with Crippen LogP contribution in [0.1, 0.15) is 22.8 Å². The van der Waals surface area contributed by atoms with Crippen molar-refractivity contribution in [3.05, 3.63) is 59.7 Å². The lowest BCUT2D eigenvalue weighted by Gasteiger charge is -2.20. The zero-order valence-corrected chi connectivity index (χ0v) is 13.7. The zero-order valence-electron chi connectivity index (χ0n) is 13.7. The molecular formula is C19H19N3O3. The van der Waals surface area contributed by atoms with Crippen molar-refractivity contribution in [2.45, 2.75) is 19.0 Å². The van der Waals surface area contributed by atoms with Gasteiger partial charge >= 0.3 is 0 Å². The van der Waals surface area contributed by atoms with E-state index in [0.717, 1.165) is 0 Å². The van der Waals surface area contributed by atoms with Crippen molar-refractivity contribution < 1.29 is 14.8 Å². The molecule has 0 bridgehead atoms. The Morgan fingerprint density at radius 2 is 1.68 bits per heavy atom. The maximum absolute atomic E-state index is 12.0. The number of amides is 2. The predicted molar refractivity (Wildman–Crippen MR) is 94.6 cm³/mol. The molecule has 0 aromatic heterocycles. The minimum atomic E-state index is -1.05. The molecule has 6 heteroatoms. The number of terminal acetylenes is 1. The summed E-state index contributed by atoms with van der Waals surface area (Å²) >= 11 is 0. The number of fused-ring (bicyclic) bond motifs is 1. The molecule has 0 aliphatic heterocycles. The van der Waals surface area contributed by atoms with Crippen molar-refractivity contribution >= 4 is 11.8 Å². The van der Waals surface area contributed by atoms with Crippen LogP contribution in [-0.4, -0.2) is 29.1 Å². The van der Waals surface area contributed by atoms with Crippen LogP contribution in [0.2, 0.25) is 0 Å². The molecule has 0 heterocycles. The lowest BCUT2D eigenvalue weighted by atomic mass is 9.95. The highest BCUT2D eigenvalue weighted by molar-refractivity contribution is 5.99. The average Bonchev–Trinajstić information content (AvgIpc) is 2.61. The molecule has 0 unspecified atom stereocenters. The standard InChI is InChI=1S/C13H15N3O3.C6H4/c1-3-9-6-4-5-7-10(9)12(17)15-11(8(2)14)13(18)16-19;1-2-6-4-3-5(1)6/h1,4-8,11,19H,14H2,2H3,(H,15,17)(H,16,18);1-4H/t8-,11-;/m0./s1. The SMILES string of the molecule is C#Cc1ccccc1C(=O)N[C@H](C(=O)NO)[C@H](C)N.c1cc2ccc1-2. The van der Waals surface area contributed by atoms with Crippen LogP contribution in [0.3, 0.4) is 0 Å². The van der Waals surface area contributed by atoms with Gasteiger partial charge in [0.15, 0.2) is 0 Å². The van der Waals surface area contributed by atoms with Gasteiger partial charge in [0.25, 0.3) is 11.8 Å². The molecule has 0 saturated heterocycles. The third kappa shape index (κ3) is 4.23. The monoisotopic (exact) mass is 337 g/mol. The lowest BCUT2D eigenvalue weighted by molar-refractivity contribution is -0.131. The molecule has 3 rings (SSSR count). The molecule has 2 aliphatic rings. The van der Waals surface area contributed by atoms with Crippen LogP contribution in [0.25, 0.3) is 11.1 Å². The Balaban J connectivity index is 0.000000306. The molecule has 2 amide bonds. The van der Waals surface area contributed by atoms with Gasteiger partial charge in [0.2, 0.25) is 0 Å². The summed E-state index contributed by atoms with van der Waals surface area (Å²) in [6.45, 7) is 1.53. The molecule has 6 nitrogen and oxygen atoms in total. The van der Waals surface area contributed by atoms with Crippen LogP contribution in [0, 0.1) is 12.3 Å². The van der Waals surface area contributed by atoms with Gasteiger partial charge in [-0.25, -0.2) is 5.48 Å². The van der Waals surface area contributed by atoms with Crippen LogP contribution < -0.4 is 16.5 Å². The first kappa shape index (κ1) is 18.2. The predicted octanol–water partition coefficient (Wildman–Crippen LogP) is 1.29. The summed E-state index contributed by atoms with van der Waals surface area (Å²) in [6, 6.07) is 13.3. The van der Waals surface area contributed by atoms with E-state index in [1.165, 1.54) is 23.5 Å². The van der Waals surface area contributed by atoms with Crippen LogP contribution in [-0.2, 0) is 4.79 Å². The number of benzene rings is 2. The van der Waals surface area contributed by atoms with E-state index in [2.05, 4.69) is 35.5 Å². The third-order valence-corrected chi connectivity index (χ3v) is 3.75. The first-order chi connectivity index (χ1) is 12.0. The van der Waals surface area contributed by atoms with E-state index in [1.807, 2.05) is 0 Å². The fraction of sp³-hybridized carbons (Fsp3) is 0.158. The minimum Gasteiger partial charge on any atom is -0.339 e. The van der Waals surface area contributed by atoms with Gasteiger partial charge in [-0.1, -0.05) is 42.3 Å². The second kappa shape index (κ2) is 8.11. The first-order valence-corrected chi connectivity index (χ1v) is 7.64. The van der Waals surface area contributed by atoms with Crippen molar-refractivity contribution in [1.82, 2.24) is 10.8 Å². The van der Waals surface area contributed by atoms with Crippen molar-refractivity contribution in [3.63, 3.8) is 0 Å². The Kier molecular flexibility index (Phi) is 5.90. The molecule has 5 N–H and O–H groups in total. The van der Waals surface area contributed by atoms with Crippen molar-refractivity contribution in [1.29, 1.82) is 0 Å². The van der Waals surface area contributed by atoms with Crippen LogP contribution in [0.4, 0.5) is 0 Å². The molecule has 0 spiro atoms. The van der Waals surface area contributed by atoms with Gasteiger partial charge in [0.1, 0.15) is 6.04 Å². The number of hydrogen-bond donors (Lipinski definition) is 4. The Morgan fingerprint density at radius 1 is 1.12 bits per heavy atom. The van der Waals surface area contributed by atoms with Crippen LogP contribution >= 0.6 is 0 Å². The van der Waals surface area contributed by atoms with E-state index < -0.39 is 23.9 Å². The van der Waals surface area contributed by atoms with Gasteiger partial charge < -0.3 is 11.1 Å². The van der Waals surface area contributed by atoms with E-state index in [1.54, 1.807) is 24.3 Å².